The Labute approximate surface area is 123 Å². The van der Waals surface area contributed by atoms with E-state index in [0.29, 0.717) is 10.8 Å². The quantitative estimate of drug-likeness (QED) is 0.912. The Morgan fingerprint density at radius 1 is 1.40 bits per heavy atom. The molecular weight excluding hydrogens is 280 g/mol. The van der Waals surface area contributed by atoms with Crippen molar-refractivity contribution in [3.05, 3.63) is 22.7 Å². The van der Waals surface area contributed by atoms with Crippen molar-refractivity contribution in [2.24, 2.45) is 0 Å². The highest BCUT2D eigenvalue weighted by Crippen LogP contribution is 2.39. The van der Waals surface area contributed by atoms with Gasteiger partial charge >= 0.3 is 0 Å². The van der Waals surface area contributed by atoms with Crippen LogP contribution in [0.15, 0.2) is 12.1 Å². The number of benzene rings is 1. The minimum atomic E-state index is 0.244. The maximum Gasteiger partial charge on any atom is 0.231 e. The summed E-state index contributed by atoms with van der Waals surface area (Å²) in [5.41, 5.74) is 1.09. The number of morpholine rings is 1. The molecule has 0 bridgehead atoms. The fourth-order valence-electron chi connectivity index (χ4n) is 2.49. The molecule has 20 heavy (non-hydrogen) atoms. The largest absolute Gasteiger partial charge is 0.454 e. The summed E-state index contributed by atoms with van der Waals surface area (Å²) < 4.78 is 16.4. The molecule has 2 aliphatic rings. The fourth-order valence-corrected chi connectivity index (χ4v) is 2.78. The molecule has 0 radical (unpaired) electrons. The molecule has 5 nitrogen and oxygen atoms in total. The smallest absolute Gasteiger partial charge is 0.231 e. The van der Waals surface area contributed by atoms with Gasteiger partial charge in [-0.2, -0.15) is 0 Å². The monoisotopic (exact) mass is 298 g/mol. The van der Waals surface area contributed by atoms with Crippen LogP contribution in [0.3, 0.4) is 0 Å². The van der Waals surface area contributed by atoms with Gasteiger partial charge in [0.05, 0.1) is 17.7 Å². The first kappa shape index (κ1) is 13.9. The molecule has 0 aliphatic carbocycles. The molecule has 1 aromatic carbocycles. The maximum atomic E-state index is 6.16. The van der Waals surface area contributed by atoms with Crippen molar-refractivity contribution < 1.29 is 14.2 Å². The number of hydrogen-bond acceptors (Lipinski definition) is 5. The van der Waals surface area contributed by atoms with Gasteiger partial charge in [0.15, 0.2) is 11.5 Å². The SMILES string of the molecule is CN1CCOC(CNCc2cc(Cl)c3c(c2)OCO3)C1. The van der Waals surface area contributed by atoms with Crippen LogP contribution in [0.25, 0.3) is 0 Å². The Balaban J connectivity index is 1.52. The lowest BCUT2D eigenvalue weighted by molar-refractivity contribution is -0.0182. The highest BCUT2D eigenvalue weighted by Gasteiger charge is 2.19. The van der Waals surface area contributed by atoms with Gasteiger partial charge in [-0.1, -0.05) is 11.6 Å². The molecule has 0 amide bonds. The van der Waals surface area contributed by atoms with E-state index in [2.05, 4.69) is 17.3 Å². The number of halogens is 1. The summed E-state index contributed by atoms with van der Waals surface area (Å²) >= 11 is 6.16. The molecule has 6 heteroatoms. The highest BCUT2D eigenvalue weighted by molar-refractivity contribution is 6.32. The Morgan fingerprint density at radius 2 is 2.30 bits per heavy atom. The molecule has 0 spiro atoms. The number of nitrogens with zero attached hydrogens (tertiary/aromatic N) is 1. The molecule has 2 heterocycles. The molecule has 1 saturated heterocycles. The standard InChI is InChI=1S/C14H19ClN2O3/c1-17-2-3-18-11(8-17)7-16-6-10-4-12(15)14-13(5-10)19-9-20-14/h4-5,11,16H,2-3,6-9H2,1H3. The van der Waals surface area contributed by atoms with Crippen molar-refractivity contribution >= 4 is 11.6 Å². The van der Waals surface area contributed by atoms with Gasteiger partial charge in [-0.15, -0.1) is 0 Å². The summed E-state index contributed by atoms with van der Waals surface area (Å²) in [4.78, 5) is 2.29. The Kier molecular flexibility index (Phi) is 4.31. The van der Waals surface area contributed by atoms with E-state index in [4.69, 9.17) is 25.8 Å². The first-order valence-electron chi connectivity index (χ1n) is 6.81. The molecule has 1 unspecified atom stereocenters. The van der Waals surface area contributed by atoms with Crippen LogP contribution in [-0.2, 0) is 11.3 Å². The lowest BCUT2D eigenvalue weighted by Crippen LogP contribution is -2.44. The topological polar surface area (TPSA) is 43.0 Å². The Bertz CT molecular complexity index is 484. The second kappa shape index (κ2) is 6.18. The van der Waals surface area contributed by atoms with Gasteiger partial charge < -0.3 is 24.4 Å². The Hall–Kier alpha value is -1.01. The molecule has 1 fully saturated rings. The van der Waals surface area contributed by atoms with E-state index in [1.807, 2.05) is 12.1 Å². The third-order valence-corrected chi connectivity index (χ3v) is 3.81. The molecule has 1 N–H and O–H groups in total. The second-order valence-corrected chi connectivity index (χ2v) is 5.60. The number of nitrogens with one attached hydrogen (secondary N) is 1. The maximum absolute atomic E-state index is 6.16. The van der Waals surface area contributed by atoms with E-state index in [-0.39, 0.29) is 12.9 Å². The number of rotatable bonds is 4. The number of likely N-dealkylation sites (N-methyl/N-ethyl adjacent to an activating group) is 1. The van der Waals surface area contributed by atoms with Crippen molar-refractivity contribution in [1.82, 2.24) is 10.2 Å². The van der Waals surface area contributed by atoms with Gasteiger partial charge in [-0.05, 0) is 24.7 Å². The van der Waals surface area contributed by atoms with Gasteiger partial charge in [-0.25, -0.2) is 0 Å². The van der Waals surface area contributed by atoms with E-state index >= 15 is 0 Å². The van der Waals surface area contributed by atoms with Crippen molar-refractivity contribution in [2.75, 3.05) is 40.1 Å². The van der Waals surface area contributed by atoms with E-state index in [9.17, 15) is 0 Å². The lowest BCUT2D eigenvalue weighted by Gasteiger charge is -2.30. The highest BCUT2D eigenvalue weighted by atomic mass is 35.5. The third kappa shape index (κ3) is 3.17. The molecule has 1 atom stereocenters. The van der Waals surface area contributed by atoms with E-state index in [0.717, 1.165) is 44.1 Å². The van der Waals surface area contributed by atoms with Crippen LogP contribution in [-0.4, -0.2) is 51.1 Å². The van der Waals surface area contributed by atoms with E-state index in [1.165, 1.54) is 0 Å². The predicted molar refractivity (Wildman–Crippen MR) is 76.5 cm³/mol. The van der Waals surface area contributed by atoms with Gasteiger partial charge in [0.1, 0.15) is 0 Å². The third-order valence-electron chi connectivity index (χ3n) is 3.53. The van der Waals surface area contributed by atoms with Crippen molar-refractivity contribution in [3.63, 3.8) is 0 Å². The average molecular weight is 299 g/mol. The van der Waals surface area contributed by atoms with Crippen LogP contribution in [0, 0.1) is 0 Å². The lowest BCUT2D eigenvalue weighted by atomic mass is 10.2. The predicted octanol–water partition coefficient (Wildman–Crippen LogP) is 1.49. The first-order chi connectivity index (χ1) is 9.72. The van der Waals surface area contributed by atoms with Crippen LogP contribution in [0.4, 0.5) is 0 Å². The summed E-state index contributed by atoms with van der Waals surface area (Å²) in [6.45, 7) is 4.59. The van der Waals surface area contributed by atoms with Crippen molar-refractivity contribution in [1.29, 1.82) is 0 Å². The zero-order valence-electron chi connectivity index (χ0n) is 11.5. The summed E-state index contributed by atoms with van der Waals surface area (Å²) in [6.07, 6.45) is 0.248. The fraction of sp³-hybridized carbons (Fsp3) is 0.571. The van der Waals surface area contributed by atoms with Gasteiger partial charge in [0, 0.05) is 26.2 Å². The van der Waals surface area contributed by atoms with Crippen LogP contribution >= 0.6 is 11.6 Å². The van der Waals surface area contributed by atoms with E-state index < -0.39 is 0 Å². The zero-order chi connectivity index (χ0) is 13.9. The number of fused-ring (bicyclic) bond motifs is 1. The van der Waals surface area contributed by atoms with Crippen LogP contribution in [0.2, 0.25) is 5.02 Å². The molecule has 110 valence electrons. The molecule has 2 aliphatic heterocycles. The molecule has 0 saturated carbocycles. The van der Waals surface area contributed by atoms with Gasteiger partial charge in [0.25, 0.3) is 0 Å². The first-order valence-corrected chi connectivity index (χ1v) is 7.19. The minimum absolute atomic E-state index is 0.244. The zero-order valence-corrected chi connectivity index (χ0v) is 12.3. The number of hydrogen-bond donors (Lipinski definition) is 1. The summed E-state index contributed by atoms with van der Waals surface area (Å²) in [5, 5.41) is 4.01. The number of ether oxygens (including phenoxy) is 3. The summed E-state index contributed by atoms with van der Waals surface area (Å²) in [5.74, 6) is 1.37. The molecule has 1 aromatic rings. The molecule has 0 aromatic heterocycles. The second-order valence-electron chi connectivity index (χ2n) is 5.20. The van der Waals surface area contributed by atoms with Crippen molar-refractivity contribution in [2.45, 2.75) is 12.6 Å². The van der Waals surface area contributed by atoms with Gasteiger partial charge in [-0.3, -0.25) is 0 Å². The van der Waals surface area contributed by atoms with Gasteiger partial charge in [0.2, 0.25) is 6.79 Å². The molecular formula is C14H19ClN2O3. The van der Waals surface area contributed by atoms with Crippen LogP contribution in [0.5, 0.6) is 11.5 Å². The summed E-state index contributed by atoms with van der Waals surface area (Å²) in [7, 11) is 2.12. The van der Waals surface area contributed by atoms with E-state index in [1.54, 1.807) is 0 Å². The minimum Gasteiger partial charge on any atom is -0.454 e. The van der Waals surface area contributed by atoms with Crippen molar-refractivity contribution in [3.8, 4) is 11.5 Å². The van der Waals surface area contributed by atoms with Crippen LogP contribution in [0.1, 0.15) is 5.56 Å². The van der Waals surface area contributed by atoms with Crippen LogP contribution < -0.4 is 14.8 Å². The molecule has 3 rings (SSSR count). The summed E-state index contributed by atoms with van der Waals surface area (Å²) in [6, 6.07) is 3.88. The Morgan fingerprint density at radius 3 is 3.15 bits per heavy atom. The average Bonchev–Trinajstić information content (AvgIpc) is 2.88. The normalized spacial score (nSPS) is 22.2.